The van der Waals surface area contributed by atoms with E-state index in [9.17, 15) is 4.79 Å². The summed E-state index contributed by atoms with van der Waals surface area (Å²) in [4.78, 5) is 30.3. The molecule has 3 N–H and O–H groups in total. The van der Waals surface area contributed by atoms with Crippen LogP contribution in [-0.4, -0.2) is 37.3 Å². The second-order valence-corrected chi connectivity index (χ2v) is 7.10. The van der Waals surface area contributed by atoms with Crippen molar-refractivity contribution in [2.24, 2.45) is 0 Å². The molecule has 0 atom stereocenters. The highest BCUT2D eigenvalue weighted by atomic mass is 16.2. The SMILES string of the molecule is N#Cc1ccc(-c2ccc3c(c2)nc(N)c2[nH]c(CN4CCCC4=O)nc23)cn1. The third-order valence-electron chi connectivity index (χ3n) is 5.23. The first-order valence-corrected chi connectivity index (χ1v) is 9.34. The minimum absolute atomic E-state index is 0.155. The number of anilines is 1. The first kappa shape index (κ1) is 17.1. The largest absolute Gasteiger partial charge is 0.382 e. The topological polar surface area (TPSA) is 125 Å². The lowest BCUT2D eigenvalue weighted by Crippen LogP contribution is -2.24. The van der Waals surface area contributed by atoms with E-state index in [1.54, 1.807) is 17.2 Å². The molecule has 0 unspecified atom stereocenters. The van der Waals surface area contributed by atoms with E-state index in [0.717, 1.165) is 40.5 Å². The van der Waals surface area contributed by atoms with Crippen molar-refractivity contribution in [3.05, 3.63) is 48.0 Å². The number of nitrogens with two attached hydrogens (primary N) is 1. The monoisotopic (exact) mass is 383 g/mol. The molecule has 8 nitrogen and oxygen atoms in total. The van der Waals surface area contributed by atoms with Gasteiger partial charge in [-0.15, -0.1) is 0 Å². The number of nitrogens with zero attached hydrogens (tertiary/aromatic N) is 5. The van der Waals surface area contributed by atoms with Gasteiger partial charge in [0.1, 0.15) is 34.4 Å². The normalized spacial score (nSPS) is 14.0. The van der Waals surface area contributed by atoms with Crippen LogP contribution in [0.4, 0.5) is 5.82 Å². The molecule has 1 aliphatic rings. The summed E-state index contributed by atoms with van der Waals surface area (Å²) in [6, 6.07) is 11.4. The summed E-state index contributed by atoms with van der Waals surface area (Å²) >= 11 is 0. The number of imidazole rings is 1. The highest BCUT2D eigenvalue weighted by Crippen LogP contribution is 2.30. The van der Waals surface area contributed by atoms with E-state index in [0.29, 0.717) is 35.8 Å². The van der Waals surface area contributed by atoms with Crippen molar-refractivity contribution in [3.63, 3.8) is 0 Å². The van der Waals surface area contributed by atoms with Crippen molar-refractivity contribution in [2.75, 3.05) is 12.3 Å². The van der Waals surface area contributed by atoms with E-state index in [4.69, 9.17) is 16.0 Å². The Morgan fingerprint density at radius 1 is 1.21 bits per heavy atom. The van der Waals surface area contributed by atoms with E-state index >= 15 is 0 Å². The molecule has 0 bridgehead atoms. The van der Waals surface area contributed by atoms with E-state index < -0.39 is 0 Å². The van der Waals surface area contributed by atoms with Crippen molar-refractivity contribution >= 4 is 33.7 Å². The zero-order valence-electron chi connectivity index (χ0n) is 15.5. The number of aromatic amines is 1. The Morgan fingerprint density at radius 2 is 2.07 bits per heavy atom. The zero-order valence-corrected chi connectivity index (χ0v) is 15.5. The van der Waals surface area contributed by atoms with Crippen molar-refractivity contribution in [3.8, 4) is 17.2 Å². The molecule has 0 radical (unpaired) electrons. The van der Waals surface area contributed by atoms with Gasteiger partial charge < -0.3 is 15.6 Å². The molecule has 3 aromatic heterocycles. The average molecular weight is 383 g/mol. The molecule has 142 valence electrons. The summed E-state index contributed by atoms with van der Waals surface area (Å²) in [7, 11) is 0. The van der Waals surface area contributed by atoms with E-state index in [1.165, 1.54) is 0 Å². The van der Waals surface area contributed by atoms with Gasteiger partial charge >= 0.3 is 0 Å². The Morgan fingerprint density at radius 3 is 2.79 bits per heavy atom. The smallest absolute Gasteiger partial charge is 0.223 e. The number of aromatic nitrogens is 4. The fourth-order valence-corrected chi connectivity index (χ4v) is 3.75. The quantitative estimate of drug-likeness (QED) is 0.560. The third-order valence-corrected chi connectivity index (χ3v) is 5.23. The van der Waals surface area contributed by atoms with Crippen molar-refractivity contribution in [1.82, 2.24) is 24.8 Å². The molecule has 1 fully saturated rings. The van der Waals surface area contributed by atoms with Crippen molar-refractivity contribution in [1.29, 1.82) is 5.26 Å². The Bertz CT molecular complexity index is 1300. The summed E-state index contributed by atoms with van der Waals surface area (Å²) in [5.41, 5.74) is 10.5. The van der Waals surface area contributed by atoms with Gasteiger partial charge in [-0.3, -0.25) is 4.79 Å². The Balaban J connectivity index is 1.57. The molecule has 5 rings (SSSR count). The maximum Gasteiger partial charge on any atom is 0.223 e. The number of nitrogens with one attached hydrogen (secondary N) is 1. The molecule has 0 aliphatic carbocycles. The molecule has 0 saturated carbocycles. The van der Waals surface area contributed by atoms with Crippen LogP contribution in [0, 0.1) is 11.3 Å². The van der Waals surface area contributed by atoms with Gasteiger partial charge in [0, 0.05) is 30.1 Å². The minimum atomic E-state index is 0.155. The molecular weight excluding hydrogens is 366 g/mol. The number of H-pyrrole nitrogens is 1. The van der Waals surface area contributed by atoms with Gasteiger partial charge in [-0.05, 0) is 36.2 Å². The molecule has 8 heteroatoms. The summed E-state index contributed by atoms with van der Waals surface area (Å²) in [5.74, 6) is 1.23. The number of nitrogen functional groups attached to an aromatic ring is 1. The molecule has 1 aliphatic heterocycles. The van der Waals surface area contributed by atoms with Crippen molar-refractivity contribution < 1.29 is 4.79 Å². The fraction of sp³-hybridized carbons (Fsp3) is 0.190. The number of hydrogen-bond donors (Lipinski definition) is 2. The molecule has 4 aromatic rings. The summed E-state index contributed by atoms with van der Waals surface area (Å²) in [6.45, 7) is 1.20. The highest BCUT2D eigenvalue weighted by molar-refractivity contribution is 6.07. The number of rotatable bonds is 3. The molecule has 0 spiro atoms. The van der Waals surface area contributed by atoms with Crippen LogP contribution in [0.25, 0.3) is 33.1 Å². The number of hydrogen-bond acceptors (Lipinski definition) is 6. The fourth-order valence-electron chi connectivity index (χ4n) is 3.75. The number of carbonyl (C=O) groups is 1. The molecule has 1 aromatic carbocycles. The second-order valence-electron chi connectivity index (χ2n) is 7.10. The maximum absolute atomic E-state index is 11.9. The first-order valence-electron chi connectivity index (χ1n) is 9.34. The van der Waals surface area contributed by atoms with Crippen LogP contribution >= 0.6 is 0 Å². The predicted molar refractivity (Wildman–Crippen MR) is 108 cm³/mol. The Kier molecular flexibility index (Phi) is 3.88. The lowest BCUT2D eigenvalue weighted by Gasteiger charge is -2.12. The number of likely N-dealkylation sites (tertiary alicyclic amines) is 1. The van der Waals surface area contributed by atoms with Gasteiger partial charge in [-0.2, -0.15) is 5.26 Å². The van der Waals surface area contributed by atoms with Crippen LogP contribution in [0.2, 0.25) is 0 Å². The third kappa shape index (κ3) is 2.93. The predicted octanol–water partition coefficient (Wildman–Crippen LogP) is 2.75. The lowest BCUT2D eigenvalue weighted by molar-refractivity contribution is -0.128. The van der Waals surface area contributed by atoms with E-state index in [-0.39, 0.29) is 5.91 Å². The number of pyridine rings is 2. The van der Waals surface area contributed by atoms with Gasteiger partial charge in [-0.25, -0.2) is 15.0 Å². The van der Waals surface area contributed by atoms with Gasteiger partial charge in [0.05, 0.1) is 12.1 Å². The van der Waals surface area contributed by atoms with Crippen LogP contribution in [0.5, 0.6) is 0 Å². The highest BCUT2D eigenvalue weighted by Gasteiger charge is 2.22. The van der Waals surface area contributed by atoms with Crippen LogP contribution in [0.1, 0.15) is 24.4 Å². The maximum atomic E-state index is 11.9. The molecule has 4 heterocycles. The lowest BCUT2D eigenvalue weighted by atomic mass is 10.0. The zero-order chi connectivity index (χ0) is 20.0. The van der Waals surface area contributed by atoms with Gasteiger partial charge in [-0.1, -0.05) is 6.07 Å². The number of benzene rings is 1. The van der Waals surface area contributed by atoms with Gasteiger partial charge in [0.15, 0.2) is 0 Å². The molecule has 29 heavy (non-hydrogen) atoms. The van der Waals surface area contributed by atoms with Gasteiger partial charge in [0.2, 0.25) is 5.91 Å². The number of carbonyl (C=O) groups excluding carboxylic acids is 1. The Hall–Kier alpha value is -3.99. The van der Waals surface area contributed by atoms with Crippen molar-refractivity contribution in [2.45, 2.75) is 19.4 Å². The summed E-state index contributed by atoms with van der Waals surface area (Å²) < 4.78 is 0. The van der Waals surface area contributed by atoms with Crippen LogP contribution in [0.3, 0.4) is 0 Å². The number of amides is 1. The van der Waals surface area contributed by atoms with Gasteiger partial charge in [0.25, 0.3) is 0 Å². The Labute approximate surface area is 166 Å². The molecular formula is C21H17N7O. The average Bonchev–Trinajstić information content (AvgIpc) is 3.35. The standard InChI is InChI=1S/C21H17N7O/c22-9-14-5-3-13(10-24-14)12-4-6-15-16(8-12)25-21(23)20-19(15)26-17(27-20)11-28-7-1-2-18(28)29/h3-6,8,10H,1-2,7,11H2,(H2,23,25)(H,26,27). The van der Waals surface area contributed by atoms with E-state index in [1.807, 2.05) is 30.3 Å². The van der Waals surface area contributed by atoms with Crippen LogP contribution in [-0.2, 0) is 11.3 Å². The van der Waals surface area contributed by atoms with Crippen LogP contribution in [0.15, 0.2) is 36.5 Å². The summed E-state index contributed by atoms with van der Waals surface area (Å²) in [5, 5.41) is 9.79. The molecule has 1 saturated heterocycles. The first-order chi connectivity index (χ1) is 14.1. The van der Waals surface area contributed by atoms with E-state index in [2.05, 4.69) is 15.0 Å². The summed E-state index contributed by atoms with van der Waals surface area (Å²) in [6.07, 6.45) is 3.15. The van der Waals surface area contributed by atoms with Crippen LogP contribution < -0.4 is 5.73 Å². The number of fused-ring (bicyclic) bond motifs is 3. The second kappa shape index (κ2) is 6.56. The number of nitriles is 1. The molecule has 1 amide bonds. The minimum Gasteiger partial charge on any atom is -0.382 e.